The molecule has 0 bridgehead atoms. The Labute approximate surface area is 129 Å². The first kappa shape index (κ1) is 14.3. The number of rotatable bonds is 4. The van der Waals surface area contributed by atoms with Gasteiger partial charge in [0.15, 0.2) is 0 Å². The number of methoxy groups -OCH3 is 1. The first-order chi connectivity index (χ1) is 10.8. The van der Waals surface area contributed by atoms with Crippen LogP contribution in [0.5, 0.6) is 5.75 Å². The van der Waals surface area contributed by atoms with Crippen LogP contribution in [0.15, 0.2) is 42.9 Å². The Kier molecular flexibility index (Phi) is 4.18. The van der Waals surface area contributed by atoms with Crippen molar-refractivity contribution < 1.29 is 9.53 Å². The summed E-state index contributed by atoms with van der Waals surface area (Å²) in [5.41, 5.74) is 1.07. The summed E-state index contributed by atoms with van der Waals surface area (Å²) in [4.78, 5) is 24.5. The minimum Gasteiger partial charge on any atom is -0.497 e. The van der Waals surface area contributed by atoms with E-state index in [9.17, 15) is 4.79 Å². The molecule has 0 unspecified atom stereocenters. The minimum atomic E-state index is 0.0970. The molecule has 1 fully saturated rings. The predicted molar refractivity (Wildman–Crippen MR) is 82.7 cm³/mol. The van der Waals surface area contributed by atoms with Crippen LogP contribution in [0.4, 0.5) is 5.82 Å². The number of hydrogen-bond donors (Lipinski definition) is 0. The molecular weight excluding hydrogens is 280 g/mol. The van der Waals surface area contributed by atoms with E-state index in [1.54, 1.807) is 25.7 Å². The zero-order valence-corrected chi connectivity index (χ0v) is 12.5. The molecule has 0 spiro atoms. The smallest absolute Gasteiger partial charge is 0.242 e. The molecule has 0 saturated carbocycles. The molecule has 0 N–H and O–H groups in total. The van der Waals surface area contributed by atoms with Gasteiger partial charge in [-0.15, -0.1) is 0 Å². The van der Waals surface area contributed by atoms with Gasteiger partial charge in [-0.25, -0.2) is 4.98 Å². The Bertz CT molecular complexity index is 648. The predicted octanol–water partition coefficient (Wildman–Crippen LogP) is 1.33. The van der Waals surface area contributed by atoms with Crippen LogP contribution in [0.3, 0.4) is 0 Å². The molecule has 0 radical (unpaired) electrons. The fourth-order valence-electron chi connectivity index (χ4n) is 2.52. The fourth-order valence-corrected chi connectivity index (χ4v) is 2.52. The third-order valence-corrected chi connectivity index (χ3v) is 3.70. The SMILES string of the molecule is COc1cccc(CN2CCN(c3cnccn3)CC2=O)c1. The highest BCUT2D eigenvalue weighted by molar-refractivity contribution is 5.82. The maximum atomic E-state index is 12.3. The monoisotopic (exact) mass is 298 g/mol. The van der Waals surface area contributed by atoms with E-state index in [-0.39, 0.29) is 5.91 Å². The van der Waals surface area contributed by atoms with E-state index in [1.807, 2.05) is 34.1 Å². The van der Waals surface area contributed by atoms with Crippen LogP contribution in [-0.2, 0) is 11.3 Å². The molecule has 1 aliphatic rings. The van der Waals surface area contributed by atoms with Gasteiger partial charge >= 0.3 is 0 Å². The molecule has 1 aromatic heterocycles. The summed E-state index contributed by atoms with van der Waals surface area (Å²) < 4.78 is 5.22. The van der Waals surface area contributed by atoms with Crippen molar-refractivity contribution in [2.45, 2.75) is 6.54 Å². The van der Waals surface area contributed by atoms with Crippen LogP contribution in [0, 0.1) is 0 Å². The number of anilines is 1. The molecule has 1 aliphatic heterocycles. The van der Waals surface area contributed by atoms with E-state index >= 15 is 0 Å². The van der Waals surface area contributed by atoms with Crippen LogP contribution >= 0.6 is 0 Å². The third-order valence-electron chi connectivity index (χ3n) is 3.70. The Morgan fingerprint density at radius 3 is 2.91 bits per heavy atom. The van der Waals surface area contributed by atoms with E-state index in [2.05, 4.69) is 9.97 Å². The molecule has 22 heavy (non-hydrogen) atoms. The maximum absolute atomic E-state index is 12.3. The molecular formula is C16H18N4O2. The zero-order chi connectivity index (χ0) is 15.4. The minimum absolute atomic E-state index is 0.0970. The number of amides is 1. The summed E-state index contributed by atoms with van der Waals surface area (Å²) in [5, 5.41) is 0. The zero-order valence-electron chi connectivity index (χ0n) is 12.5. The molecule has 0 atom stereocenters. The summed E-state index contributed by atoms with van der Waals surface area (Å²) in [7, 11) is 1.64. The van der Waals surface area contributed by atoms with E-state index in [0.29, 0.717) is 19.6 Å². The summed E-state index contributed by atoms with van der Waals surface area (Å²) in [6.07, 6.45) is 4.96. The second-order valence-electron chi connectivity index (χ2n) is 5.15. The van der Waals surface area contributed by atoms with Crippen LogP contribution in [-0.4, -0.2) is 47.5 Å². The third kappa shape index (κ3) is 3.16. The first-order valence-electron chi connectivity index (χ1n) is 7.18. The van der Waals surface area contributed by atoms with Gasteiger partial charge < -0.3 is 14.5 Å². The van der Waals surface area contributed by atoms with Crippen molar-refractivity contribution in [3.63, 3.8) is 0 Å². The highest BCUT2D eigenvalue weighted by atomic mass is 16.5. The largest absolute Gasteiger partial charge is 0.497 e. The highest BCUT2D eigenvalue weighted by Crippen LogP contribution is 2.17. The number of ether oxygens (including phenoxy) is 1. The number of hydrogen-bond acceptors (Lipinski definition) is 5. The Balaban J connectivity index is 1.64. The van der Waals surface area contributed by atoms with E-state index in [0.717, 1.165) is 23.7 Å². The Morgan fingerprint density at radius 1 is 1.27 bits per heavy atom. The highest BCUT2D eigenvalue weighted by Gasteiger charge is 2.24. The standard InChI is InChI=1S/C16H18N4O2/c1-22-14-4-2-3-13(9-14)11-20-8-7-19(12-16(20)21)15-10-17-5-6-18-15/h2-6,9-10H,7-8,11-12H2,1H3. The molecule has 1 saturated heterocycles. The fraction of sp³-hybridized carbons (Fsp3) is 0.312. The van der Waals surface area contributed by atoms with Crippen molar-refractivity contribution in [2.75, 3.05) is 31.6 Å². The first-order valence-corrected chi connectivity index (χ1v) is 7.18. The van der Waals surface area contributed by atoms with Crippen molar-refractivity contribution in [3.8, 4) is 5.75 Å². The summed E-state index contributed by atoms with van der Waals surface area (Å²) in [6.45, 7) is 2.37. The summed E-state index contributed by atoms with van der Waals surface area (Å²) >= 11 is 0. The van der Waals surface area contributed by atoms with Crippen molar-refractivity contribution in [2.24, 2.45) is 0 Å². The van der Waals surface area contributed by atoms with Crippen molar-refractivity contribution in [3.05, 3.63) is 48.4 Å². The normalized spacial score (nSPS) is 15.0. The van der Waals surface area contributed by atoms with Gasteiger partial charge in [-0.3, -0.25) is 9.78 Å². The lowest BCUT2D eigenvalue weighted by Gasteiger charge is -2.34. The molecule has 2 heterocycles. The van der Waals surface area contributed by atoms with Gasteiger partial charge in [0, 0.05) is 32.0 Å². The quantitative estimate of drug-likeness (QED) is 0.852. The van der Waals surface area contributed by atoms with E-state index in [4.69, 9.17) is 4.74 Å². The van der Waals surface area contributed by atoms with E-state index in [1.165, 1.54) is 0 Å². The van der Waals surface area contributed by atoms with Gasteiger partial charge in [-0.1, -0.05) is 12.1 Å². The Hall–Kier alpha value is -2.63. The molecule has 6 heteroatoms. The van der Waals surface area contributed by atoms with Crippen LogP contribution in [0.25, 0.3) is 0 Å². The number of carbonyl (C=O) groups excluding carboxylic acids is 1. The average molecular weight is 298 g/mol. The van der Waals surface area contributed by atoms with Crippen LogP contribution in [0.2, 0.25) is 0 Å². The molecule has 3 rings (SSSR count). The molecule has 6 nitrogen and oxygen atoms in total. The van der Waals surface area contributed by atoms with Gasteiger partial charge in [0.05, 0.1) is 19.9 Å². The maximum Gasteiger partial charge on any atom is 0.242 e. The summed E-state index contributed by atoms with van der Waals surface area (Å²) in [5.74, 6) is 1.65. The summed E-state index contributed by atoms with van der Waals surface area (Å²) in [6, 6.07) is 7.80. The Morgan fingerprint density at radius 2 is 2.18 bits per heavy atom. The molecule has 1 aromatic carbocycles. The van der Waals surface area contributed by atoms with Gasteiger partial charge in [-0.2, -0.15) is 0 Å². The van der Waals surface area contributed by atoms with Gasteiger partial charge in [-0.05, 0) is 17.7 Å². The number of nitrogens with zero attached hydrogens (tertiary/aromatic N) is 4. The number of piperazine rings is 1. The lowest BCUT2D eigenvalue weighted by Crippen LogP contribution is -2.50. The van der Waals surface area contributed by atoms with Crippen molar-refractivity contribution in [1.29, 1.82) is 0 Å². The lowest BCUT2D eigenvalue weighted by atomic mass is 10.2. The molecule has 114 valence electrons. The van der Waals surface area contributed by atoms with Gasteiger partial charge in [0.1, 0.15) is 11.6 Å². The van der Waals surface area contributed by atoms with Crippen molar-refractivity contribution in [1.82, 2.24) is 14.9 Å². The van der Waals surface area contributed by atoms with Gasteiger partial charge in [0.25, 0.3) is 0 Å². The lowest BCUT2D eigenvalue weighted by molar-refractivity contribution is -0.131. The number of aromatic nitrogens is 2. The molecule has 2 aromatic rings. The topological polar surface area (TPSA) is 58.6 Å². The van der Waals surface area contributed by atoms with Crippen molar-refractivity contribution >= 4 is 11.7 Å². The molecule has 1 amide bonds. The van der Waals surface area contributed by atoms with Crippen LogP contribution < -0.4 is 9.64 Å². The van der Waals surface area contributed by atoms with E-state index < -0.39 is 0 Å². The van der Waals surface area contributed by atoms with Crippen LogP contribution in [0.1, 0.15) is 5.56 Å². The number of carbonyl (C=O) groups is 1. The molecule has 0 aliphatic carbocycles. The second-order valence-corrected chi connectivity index (χ2v) is 5.15. The van der Waals surface area contributed by atoms with Gasteiger partial charge in [0.2, 0.25) is 5.91 Å². The second kappa shape index (κ2) is 6.43. The number of benzene rings is 1. The average Bonchev–Trinajstić information content (AvgIpc) is 2.58.